The van der Waals surface area contributed by atoms with Gasteiger partial charge in [0.05, 0.1) is 25.1 Å². The number of imidazole rings is 1. The zero-order valence-corrected chi connectivity index (χ0v) is 7.37. The Kier molecular flexibility index (Phi) is 3.25. The van der Waals surface area contributed by atoms with Crippen molar-refractivity contribution in [3.63, 3.8) is 0 Å². The Balaban J connectivity index is 2.61. The molecule has 68 valence electrons. The lowest BCUT2D eigenvalue weighted by Gasteiger charge is -2.05. The molecule has 0 aliphatic heterocycles. The van der Waals surface area contributed by atoms with E-state index in [1.54, 1.807) is 13.3 Å². The fourth-order valence-corrected chi connectivity index (χ4v) is 1.04. The Hall–Kier alpha value is -0.870. The summed E-state index contributed by atoms with van der Waals surface area (Å²) in [6, 6.07) is 0. The van der Waals surface area contributed by atoms with Crippen molar-refractivity contribution in [1.82, 2.24) is 9.97 Å². The van der Waals surface area contributed by atoms with Crippen LogP contribution in [-0.2, 0) is 11.3 Å². The van der Waals surface area contributed by atoms with Crippen LogP contribution in [0, 0.1) is 0 Å². The van der Waals surface area contributed by atoms with Crippen molar-refractivity contribution in [2.24, 2.45) is 0 Å². The van der Waals surface area contributed by atoms with E-state index in [-0.39, 0.29) is 12.5 Å². The van der Waals surface area contributed by atoms with E-state index in [1.165, 1.54) is 0 Å². The van der Waals surface area contributed by atoms with Gasteiger partial charge in [-0.15, -0.1) is 0 Å². The summed E-state index contributed by atoms with van der Waals surface area (Å²) in [6.45, 7) is 2.66. The molecule has 0 aliphatic carbocycles. The first-order valence-electron chi connectivity index (χ1n) is 3.91. The lowest BCUT2D eigenvalue weighted by atomic mass is 10.2. The number of rotatable bonds is 4. The summed E-state index contributed by atoms with van der Waals surface area (Å²) in [6.07, 6.45) is 1.64. The van der Waals surface area contributed by atoms with Crippen LogP contribution in [0.2, 0.25) is 0 Å². The second-order valence-corrected chi connectivity index (χ2v) is 2.81. The third-order valence-electron chi connectivity index (χ3n) is 1.70. The van der Waals surface area contributed by atoms with E-state index in [0.717, 1.165) is 11.5 Å². The molecule has 0 fully saturated rings. The van der Waals surface area contributed by atoms with Gasteiger partial charge < -0.3 is 14.8 Å². The van der Waals surface area contributed by atoms with Gasteiger partial charge in [0.1, 0.15) is 5.82 Å². The molecular formula is C8H14N2O2. The SMILES string of the molecule is COCC(C)c1ncc(CO)[nH]1. The van der Waals surface area contributed by atoms with Crippen LogP contribution in [-0.4, -0.2) is 28.8 Å². The molecule has 4 heteroatoms. The number of aromatic amines is 1. The molecule has 4 nitrogen and oxygen atoms in total. The molecule has 1 rings (SSSR count). The maximum absolute atomic E-state index is 8.76. The van der Waals surface area contributed by atoms with Crippen molar-refractivity contribution in [1.29, 1.82) is 0 Å². The van der Waals surface area contributed by atoms with Crippen molar-refractivity contribution in [2.75, 3.05) is 13.7 Å². The number of aliphatic hydroxyl groups excluding tert-OH is 1. The molecule has 0 bridgehead atoms. The lowest BCUT2D eigenvalue weighted by molar-refractivity contribution is 0.182. The van der Waals surface area contributed by atoms with Crippen molar-refractivity contribution >= 4 is 0 Å². The van der Waals surface area contributed by atoms with E-state index in [0.29, 0.717) is 6.61 Å². The van der Waals surface area contributed by atoms with Gasteiger partial charge in [-0.25, -0.2) is 4.98 Å². The molecule has 0 amide bonds. The van der Waals surface area contributed by atoms with Gasteiger partial charge in [0.2, 0.25) is 0 Å². The predicted octanol–water partition coefficient (Wildman–Crippen LogP) is 0.652. The van der Waals surface area contributed by atoms with Crippen molar-refractivity contribution in [2.45, 2.75) is 19.4 Å². The Morgan fingerprint density at radius 1 is 1.75 bits per heavy atom. The fourth-order valence-electron chi connectivity index (χ4n) is 1.04. The predicted molar refractivity (Wildman–Crippen MR) is 44.8 cm³/mol. The topological polar surface area (TPSA) is 58.1 Å². The van der Waals surface area contributed by atoms with Crippen LogP contribution < -0.4 is 0 Å². The van der Waals surface area contributed by atoms with E-state index in [9.17, 15) is 0 Å². The first kappa shape index (κ1) is 9.22. The summed E-state index contributed by atoms with van der Waals surface area (Å²) in [4.78, 5) is 7.12. The second kappa shape index (κ2) is 4.23. The van der Waals surface area contributed by atoms with E-state index < -0.39 is 0 Å². The summed E-state index contributed by atoms with van der Waals surface area (Å²) in [7, 11) is 1.66. The zero-order chi connectivity index (χ0) is 8.97. The van der Waals surface area contributed by atoms with Crippen LogP contribution in [0.1, 0.15) is 24.4 Å². The van der Waals surface area contributed by atoms with Gasteiger partial charge in [-0.3, -0.25) is 0 Å². The average molecular weight is 170 g/mol. The largest absolute Gasteiger partial charge is 0.390 e. The molecule has 1 aromatic heterocycles. The van der Waals surface area contributed by atoms with Gasteiger partial charge in [-0.1, -0.05) is 6.92 Å². The van der Waals surface area contributed by atoms with E-state index in [1.807, 2.05) is 6.92 Å². The number of nitrogens with zero attached hydrogens (tertiary/aromatic N) is 1. The summed E-state index contributed by atoms with van der Waals surface area (Å²) in [5.41, 5.74) is 0.743. The van der Waals surface area contributed by atoms with Crippen LogP contribution in [0.15, 0.2) is 6.20 Å². The molecule has 1 heterocycles. The molecular weight excluding hydrogens is 156 g/mol. The fraction of sp³-hybridized carbons (Fsp3) is 0.625. The molecule has 1 aromatic rings. The Morgan fingerprint density at radius 2 is 2.50 bits per heavy atom. The lowest BCUT2D eigenvalue weighted by Crippen LogP contribution is -2.03. The molecule has 2 N–H and O–H groups in total. The minimum absolute atomic E-state index is 0.00665. The molecule has 12 heavy (non-hydrogen) atoms. The Morgan fingerprint density at radius 3 is 3.00 bits per heavy atom. The van der Waals surface area contributed by atoms with E-state index >= 15 is 0 Å². The van der Waals surface area contributed by atoms with Gasteiger partial charge in [0.15, 0.2) is 0 Å². The van der Waals surface area contributed by atoms with Gasteiger partial charge in [0.25, 0.3) is 0 Å². The second-order valence-electron chi connectivity index (χ2n) is 2.81. The number of ether oxygens (including phenoxy) is 1. The molecule has 0 saturated carbocycles. The molecule has 0 spiro atoms. The molecule has 0 radical (unpaired) electrons. The van der Waals surface area contributed by atoms with Crippen LogP contribution in [0.25, 0.3) is 0 Å². The number of aromatic nitrogens is 2. The molecule has 1 atom stereocenters. The number of H-pyrrole nitrogens is 1. The molecule has 1 unspecified atom stereocenters. The van der Waals surface area contributed by atoms with Gasteiger partial charge in [-0.2, -0.15) is 0 Å². The highest BCUT2D eigenvalue weighted by molar-refractivity contribution is 5.03. The summed E-state index contributed by atoms with van der Waals surface area (Å²) < 4.78 is 4.98. The van der Waals surface area contributed by atoms with Crippen molar-refractivity contribution in [3.8, 4) is 0 Å². The molecule has 0 aliphatic rings. The number of nitrogens with one attached hydrogen (secondary N) is 1. The summed E-state index contributed by atoms with van der Waals surface area (Å²) in [5, 5.41) is 8.76. The minimum Gasteiger partial charge on any atom is -0.390 e. The third-order valence-corrected chi connectivity index (χ3v) is 1.70. The average Bonchev–Trinajstić information content (AvgIpc) is 2.52. The third kappa shape index (κ3) is 2.06. The summed E-state index contributed by atoms with van der Waals surface area (Å²) >= 11 is 0. The Labute approximate surface area is 71.6 Å². The highest BCUT2D eigenvalue weighted by Crippen LogP contribution is 2.10. The van der Waals surface area contributed by atoms with E-state index in [2.05, 4.69) is 9.97 Å². The Bertz CT molecular complexity index is 235. The quantitative estimate of drug-likeness (QED) is 0.697. The highest BCUT2D eigenvalue weighted by Gasteiger charge is 2.08. The first-order valence-corrected chi connectivity index (χ1v) is 3.91. The number of hydrogen-bond acceptors (Lipinski definition) is 3. The van der Waals surface area contributed by atoms with Crippen molar-refractivity contribution < 1.29 is 9.84 Å². The smallest absolute Gasteiger partial charge is 0.111 e. The number of hydrogen-bond donors (Lipinski definition) is 2. The monoisotopic (exact) mass is 170 g/mol. The van der Waals surface area contributed by atoms with Crippen LogP contribution in [0.3, 0.4) is 0 Å². The molecule has 0 aromatic carbocycles. The van der Waals surface area contributed by atoms with Gasteiger partial charge in [0, 0.05) is 13.0 Å². The minimum atomic E-state index is 0.00665. The van der Waals surface area contributed by atoms with Crippen LogP contribution in [0.5, 0.6) is 0 Å². The first-order chi connectivity index (χ1) is 5.77. The zero-order valence-electron chi connectivity index (χ0n) is 7.37. The maximum Gasteiger partial charge on any atom is 0.111 e. The van der Waals surface area contributed by atoms with Crippen molar-refractivity contribution in [3.05, 3.63) is 17.7 Å². The maximum atomic E-state index is 8.76. The van der Waals surface area contributed by atoms with E-state index in [4.69, 9.17) is 9.84 Å². The number of aliphatic hydroxyl groups is 1. The summed E-state index contributed by atoms with van der Waals surface area (Å²) in [5.74, 6) is 1.11. The standard InChI is InChI=1S/C8H14N2O2/c1-6(5-12-2)8-9-3-7(4-11)10-8/h3,6,11H,4-5H2,1-2H3,(H,9,10). The number of methoxy groups -OCH3 is 1. The normalized spacial score (nSPS) is 13.2. The van der Waals surface area contributed by atoms with Gasteiger partial charge in [-0.05, 0) is 0 Å². The van der Waals surface area contributed by atoms with Crippen LogP contribution >= 0.6 is 0 Å². The van der Waals surface area contributed by atoms with Crippen LogP contribution in [0.4, 0.5) is 0 Å². The van der Waals surface area contributed by atoms with Gasteiger partial charge >= 0.3 is 0 Å². The highest BCUT2D eigenvalue weighted by atomic mass is 16.5. The molecule has 0 saturated heterocycles.